The van der Waals surface area contributed by atoms with Crippen LogP contribution in [0.15, 0.2) is 58.6 Å². The maximum atomic E-state index is 12.9. The van der Waals surface area contributed by atoms with Crippen molar-refractivity contribution in [3.05, 3.63) is 81.9 Å². The van der Waals surface area contributed by atoms with Crippen molar-refractivity contribution in [3.63, 3.8) is 0 Å². The minimum Gasteiger partial charge on any atom is -0.463 e. The van der Waals surface area contributed by atoms with E-state index in [-0.39, 0.29) is 47.4 Å². The first-order valence-corrected chi connectivity index (χ1v) is 11.1. The molecule has 0 aliphatic carbocycles. The lowest BCUT2D eigenvalue weighted by atomic mass is 10.1. The predicted molar refractivity (Wildman–Crippen MR) is 126 cm³/mol. The molecule has 2 aliphatic rings. The number of rotatable bonds is 6. The van der Waals surface area contributed by atoms with Gasteiger partial charge in [0.05, 0.1) is 19.2 Å². The van der Waals surface area contributed by atoms with Crippen LogP contribution in [0.2, 0.25) is 5.02 Å². The van der Waals surface area contributed by atoms with Gasteiger partial charge in [-0.1, -0.05) is 11.6 Å². The van der Waals surface area contributed by atoms with Crippen molar-refractivity contribution in [3.8, 4) is 17.2 Å². The Labute approximate surface area is 214 Å². The van der Waals surface area contributed by atoms with Crippen molar-refractivity contribution >= 4 is 41.6 Å². The first-order valence-electron chi connectivity index (χ1n) is 10.8. The maximum absolute atomic E-state index is 12.9. The van der Waals surface area contributed by atoms with Crippen LogP contribution < -0.4 is 19.5 Å². The van der Waals surface area contributed by atoms with E-state index in [1.165, 1.54) is 55.7 Å². The van der Waals surface area contributed by atoms with E-state index >= 15 is 0 Å². The number of hydrogen-bond donors (Lipinski definition) is 1. The zero-order chi connectivity index (χ0) is 26.1. The largest absolute Gasteiger partial charge is 0.463 e. The standard InChI is InChI=1S/C25H17ClN2O9/c1-33-24(31)20-7-4-16(36-20)11-28-22(29)17(27-25(28)32)9-14-8-15(26)3-6-18(14)37-23(30)13-2-5-19-21(10-13)35-12-34-19/h2-10H,11-12H2,1H3,(H,27,32)/b17-9-. The average molecular weight is 525 g/mol. The summed E-state index contributed by atoms with van der Waals surface area (Å²) in [4.78, 5) is 50.7. The highest BCUT2D eigenvalue weighted by Crippen LogP contribution is 2.33. The molecule has 188 valence electrons. The fraction of sp³-hybridized carbons (Fsp3) is 0.120. The summed E-state index contributed by atoms with van der Waals surface area (Å²) in [6.07, 6.45) is 1.34. The van der Waals surface area contributed by atoms with Crippen LogP contribution in [0.4, 0.5) is 4.79 Å². The van der Waals surface area contributed by atoms with Crippen LogP contribution in [0.3, 0.4) is 0 Å². The molecule has 1 saturated heterocycles. The van der Waals surface area contributed by atoms with E-state index in [9.17, 15) is 19.2 Å². The fourth-order valence-corrected chi connectivity index (χ4v) is 3.79. The van der Waals surface area contributed by atoms with Gasteiger partial charge in [-0.15, -0.1) is 0 Å². The molecule has 37 heavy (non-hydrogen) atoms. The van der Waals surface area contributed by atoms with Crippen molar-refractivity contribution < 1.29 is 42.5 Å². The Morgan fingerprint density at radius 1 is 1.05 bits per heavy atom. The minimum atomic E-state index is -0.701. The molecule has 5 rings (SSSR count). The smallest absolute Gasteiger partial charge is 0.373 e. The van der Waals surface area contributed by atoms with Crippen molar-refractivity contribution in [2.75, 3.05) is 13.9 Å². The molecule has 0 atom stereocenters. The summed E-state index contributed by atoms with van der Waals surface area (Å²) in [6, 6.07) is 11.2. The van der Waals surface area contributed by atoms with Gasteiger partial charge in [-0.25, -0.2) is 14.4 Å². The molecule has 0 radical (unpaired) electrons. The third-order valence-corrected chi connectivity index (χ3v) is 5.64. The summed E-state index contributed by atoms with van der Waals surface area (Å²) in [5, 5.41) is 2.79. The van der Waals surface area contributed by atoms with E-state index < -0.39 is 23.9 Å². The number of urea groups is 1. The molecule has 3 heterocycles. The van der Waals surface area contributed by atoms with Gasteiger partial charge in [0.1, 0.15) is 17.2 Å². The maximum Gasteiger partial charge on any atom is 0.373 e. The molecule has 0 bridgehead atoms. The van der Waals surface area contributed by atoms with Gasteiger partial charge in [-0.3, -0.25) is 9.69 Å². The SMILES string of the molecule is COC(=O)c1ccc(CN2C(=O)N/C(=C\c3cc(Cl)ccc3OC(=O)c3ccc4c(c3)OCO4)C2=O)o1. The summed E-state index contributed by atoms with van der Waals surface area (Å²) < 4.78 is 26.0. The van der Waals surface area contributed by atoms with Crippen LogP contribution in [-0.4, -0.2) is 42.7 Å². The van der Waals surface area contributed by atoms with Gasteiger partial charge >= 0.3 is 18.0 Å². The van der Waals surface area contributed by atoms with Crippen LogP contribution in [-0.2, 0) is 16.1 Å². The second-order valence-electron chi connectivity index (χ2n) is 7.78. The van der Waals surface area contributed by atoms with E-state index in [4.69, 9.17) is 30.2 Å². The Balaban J connectivity index is 1.36. The van der Waals surface area contributed by atoms with Gasteiger partial charge in [0.25, 0.3) is 5.91 Å². The molecule has 1 fully saturated rings. The van der Waals surface area contributed by atoms with Crippen LogP contribution >= 0.6 is 11.6 Å². The Morgan fingerprint density at radius 3 is 2.68 bits per heavy atom. The highest BCUT2D eigenvalue weighted by atomic mass is 35.5. The van der Waals surface area contributed by atoms with Gasteiger partial charge in [0.2, 0.25) is 12.6 Å². The molecular weight excluding hydrogens is 508 g/mol. The molecule has 11 nitrogen and oxygen atoms in total. The lowest BCUT2D eigenvalue weighted by Gasteiger charge is -2.10. The van der Waals surface area contributed by atoms with Gasteiger partial charge in [0, 0.05) is 10.6 Å². The number of amides is 3. The van der Waals surface area contributed by atoms with E-state index in [0.717, 1.165) is 4.90 Å². The number of imide groups is 1. The molecule has 3 aromatic rings. The summed E-state index contributed by atoms with van der Waals surface area (Å²) in [5.41, 5.74) is 0.421. The average Bonchev–Trinajstić information content (AvgIpc) is 3.61. The van der Waals surface area contributed by atoms with Crippen LogP contribution in [0, 0.1) is 0 Å². The lowest BCUT2D eigenvalue weighted by molar-refractivity contribution is -0.123. The van der Waals surface area contributed by atoms with Crippen molar-refractivity contribution in [1.29, 1.82) is 0 Å². The van der Waals surface area contributed by atoms with E-state index in [1.807, 2.05) is 0 Å². The number of hydrogen-bond acceptors (Lipinski definition) is 9. The molecule has 0 spiro atoms. The third kappa shape index (κ3) is 4.84. The van der Waals surface area contributed by atoms with Gasteiger partial charge in [-0.05, 0) is 54.6 Å². The number of esters is 2. The fourth-order valence-electron chi connectivity index (χ4n) is 3.61. The first-order chi connectivity index (χ1) is 17.8. The van der Waals surface area contributed by atoms with Crippen LogP contribution in [0.5, 0.6) is 17.2 Å². The number of benzene rings is 2. The van der Waals surface area contributed by atoms with Gasteiger partial charge in [0.15, 0.2) is 11.5 Å². The Kier molecular flexibility index (Phi) is 6.28. The number of nitrogens with zero attached hydrogens (tertiary/aromatic N) is 1. The van der Waals surface area contributed by atoms with Crippen LogP contribution in [0.1, 0.15) is 32.2 Å². The number of carbonyl (C=O) groups is 4. The summed E-state index contributed by atoms with van der Waals surface area (Å²) >= 11 is 6.13. The van der Waals surface area contributed by atoms with Crippen molar-refractivity contribution in [1.82, 2.24) is 10.2 Å². The second-order valence-corrected chi connectivity index (χ2v) is 8.21. The number of methoxy groups -OCH3 is 1. The third-order valence-electron chi connectivity index (χ3n) is 5.41. The van der Waals surface area contributed by atoms with Crippen molar-refractivity contribution in [2.24, 2.45) is 0 Å². The highest BCUT2D eigenvalue weighted by molar-refractivity contribution is 6.30. The molecule has 3 amide bonds. The number of fused-ring (bicyclic) bond motifs is 1. The number of ether oxygens (including phenoxy) is 4. The number of nitrogens with one attached hydrogen (secondary N) is 1. The van der Waals surface area contributed by atoms with E-state index in [2.05, 4.69) is 10.1 Å². The molecule has 2 aromatic carbocycles. The highest BCUT2D eigenvalue weighted by Gasteiger charge is 2.34. The molecule has 1 N–H and O–H groups in total. The Bertz CT molecular complexity index is 1480. The predicted octanol–water partition coefficient (Wildman–Crippen LogP) is 3.76. The first kappa shape index (κ1) is 23.9. The number of carbonyl (C=O) groups excluding carboxylic acids is 4. The number of halogens is 1. The zero-order valence-electron chi connectivity index (χ0n) is 19.1. The van der Waals surface area contributed by atoms with E-state index in [1.54, 1.807) is 6.07 Å². The lowest BCUT2D eigenvalue weighted by Crippen LogP contribution is -2.30. The number of furan rings is 1. The van der Waals surface area contributed by atoms with Gasteiger partial charge < -0.3 is 28.7 Å². The second kappa shape index (κ2) is 9.70. The van der Waals surface area contributed by atoms with E-state index in [0.29, 0.717) is 16.5 Å². The van der Waals surface area contributed by atoms with Crippen LogP contribution in [0.25, 0.3) is 6.08 Å². The molecule has 0 saturated carbocycles. The zero-order valence-corrected chi connectivity index (χ0v) is 19.9. The molecule has 2 aliphatic heterocycles. The quantitative estimate of drug-likeness (QED) is 0.221. The molecule has 12 heteroatoms. The van der Waals surface area contributed by atoms with Gasteiger partial charge in [-0.2, -0.15) is 0 Å². The normalized spacial score (nSPS) is 15.2. The molecular formula is C25H17ClN2O9. The Morgan fingerprint density at radius 2 is 1.86 bits per heavy atom. The molecule has 0 unspecified atom stereocenters. The minimum absolute atomic E-state index is 0.0614. The summed E-state index contributed by atoms with van der Waals surface area (Å²) in [6.45, 7) is -0.160. The molecule has 1 aromatic heterocycles. The Hall–Kier alpha value is -4.77. The topological polar surface area (TPSA) is 134 Å². The monoisotopic (exact) mass is 524 g/mol. The van der Waals surface area contributed by atoms with Crippen molar-refractivity contribution in [2.45, 2.75) is 6.54 Å². The summed E-state index contributed by atoms with van der Waals surface area (Å²) in [7, 11) is 1.20. The summed E-state index contributed by atoms with van der Waals surface area (Å²) in [5.74, 6) is -0.843.